The molecule has 0 bridgehead atoms. The number of benzene rings is 1. The van der Waals surface area contributed by atoms with Gasteiger partial charge in [-0.15, -0.1) is 0 Å². The second kappa shape index (κ2) is 3.94. The van der Waals surface area contributed by atoms with Gasteiger partial charge in [0.05, 0.1) is 5.69 Å². The second-order valence-electron chi connectivity index (χ2n) is 3.00. The molecule has 4 nitrogen and oxygen atoms in total. The Bertz CT molecular complexity index is 431. The van der Waals surface area contributed by atoms with E-state index in [9.17, 15) is 4.79 Å². The van der Waals surface area contributed by atoms with Crippen molar-refractivity contribution in [3.8, 4) is 0 Å². The van der Waals surface area contributed by atoms with Crippen LogP contribution in [0.5, 0.6) is 0 Å². The van der Waals surface area contributed by atoms with Crippen LogP contribution in [-0.2, 0) is 4.79 Å². The Kier molecular flexibility index (Phi) is 2.64. The molecule has 1 aliphatic heterocycles. The van der Waals surface area contributed by atoms with E-state index in [0.717, 1.165) is 10.6 Å². The zero-order valence-electron chi connectivity index (χ0n) is 8.17. The number of para-hydroxylation sites is 1. The molecular formula is C10H10N2O2S. The number of aliphatic carboxylic acids is 1. The van der Waals surface area contributed by atoms with E-state index < -0.39 is 5.97 Å². The normalized spacial score (nSPS) is 14.5. The van der Waals surface area contributed by atoms with Gasteiger partial charge in [0, 0.05) is 11.4 Å². The lowest BCUT2D eigenvalue weighted by Crippen LogP contribution is -2.24. The van der Waals surface area contributed by atoms with E-state index in [1.54, 1.807) is 5.01 Å². The number of fused-ring (bicyclic) bond motifs is 1. The van der Waals surface area contributed by atoms with Crippen molar-refractivity contribution in [3.63, 3.8) is 0 Å². The van der Waals surface area contributed by atoms with Crippen LogP contribution in [-0.4, -0.2) is 22.7 Å². The molecule has 0 saturated heterocycles. The first kappa shape index (κ1) is 10.0. The van der Waals surface area contributed by atoms with Gasteiger partial charge in [0.25, 0.3) is 0 Å². The van der Waals surface area contributed by atoms with Gasteiger partial charge in [-0.3, -0.25) is 5.01 Å². The monoisotopic (exact) mass is 222 g/mol. The van der Waals surface area contributed by atoms with Crippen molar-refractivity contribution in [2.75, 3.05) is 11.6 Å². The van der Waals surface area contributed by atoms with E-state index in [0.29, 0.717) is 6.54 Å². The summed E-state index contributed by atoms with van der Waals surface area (Å²) < 4.78 is 0. The molecule has 78 valence electrons. The molecule has 1 aliphatic rings. The van der Waals surface area contributed by atoms with Gasteiger partial charge in [-0.1, -0.05) is 23.9 Å². The van der Waals surface area contributed by atoms with Crippen molar-refractivity contribution in [2.24, 2.45) is 5.10 Å². The lowest BCUT2D eigenvalue weighted by molar-refractivity contribution is -0.129. The Morgan fingerprint density at radius 1 is 1.53 bits per heavy atom. The molecule has 1 heterocycles. The fourth-order valence-corrected chi connectivity index (χ4v) is 2.23. The molecule has 1 aromatic rings. The first-order valence-electron chi connectivity index (χ1n) is 4.58. The summed E-state index contributed by atoms with van der Waals surface area (Å²) in [4.78, 5) is 11.8. The molecule has 1 aromatic carbocycles. The summed E-state index contributed by atoms with van der Waals surface area (Å²) in [5, 5.41) is 14.8. The summed E-state index contributed by atoms with van der Waals surface area (Å²) in [7, 11) is 0. The third kappa shape index (κ3) is 1.83. The van der Waals surface area contributed by atoms with Crippen LogP contribution in [0, 0.1) is 0 Å². The fraction of sp³-hybridized carbons (Fsp3) is 0.200. The van der Waals surface area contributed by atoms with Gasteiger partial charge < -0.3 is 5.11 Å². The molecule has 0 radical (unpaired) electrons. The van der Waals surface area contributed by atoms with Crippen LogP contribution < -0.4 is 5.01 Å². The van der Waals surface area contributed by atoms with E-state index in [-0.39, 0.29) is 5.04 Å². The molecule has 2 rings (SSSR count). The maximum absolute atomic E-state index is 10.8. The number of hydrogen-bond donors (Lipinski definition) is 1. The third-order valence-corrected chi connectivity index (χ3v) is 3.06. The maximum Gasteiger partial charge on any atom is 0.363 e. The Morgan fingerprint density at radius 3 is 2.93 bits per heavy atom. The lowest BCUT2D eigenvalue weighted by atomic mass is 10.3. The number of carboxylic acid groups (broad SMARTS) is 1. The minimum absolute atomic E-state index is 0.121. The van der Waals surface area contributed by atoms with E-state index in [1.807, 2.05) is 31.2 Å². The number of nitrogens with zero attached hydrogens (tertiary/aromatic N) is 2. The van der Waals surface area contributed by atoms with Crippen LogP contribution in [0.3, 0.4) is 0 Å². The fourth-order valence-electron chi connectivity index (χ4n) is 1.37. The predicted molar refractivity (Wildman–Crippen MR) is 60.4 cm³/mol. The van der Waals surface area contributed by atoms with Gasteiger partial charge in [-0.25, -0.2) is 4.79 Å². The van der Waals surface area contributed by atoms with Crippen molar-refractivity contribution in [1.82, 2.24) is 0 Å². The van der Waals surface area contributed by atoms with Gasteiger partial charge in [-0.2, -0.15) is 5.10 Å². The molecule has 15 heavy (non-hydrogen) atoms. The highest BCUT2D eigenvalue weighted by Gasteiger charge is 2.22. The van der Waals surface area contributed by atoms with Crippen LogP contribution in [0.2, 0.25) is 0 Å². The molecule has 0 spiro atoms. The molecule has 0 fully saturated rings. The van der Waals surface area contributed by atoms with Crippen molar-refractivity contribution >= 4 is 28.5 Å². The Hall–Kier alpha value is -1.49. The molecule has 0 unspecified atom stereocenters. The second-order valence-corrected chi connectivity index (χ2v) is 4.03. The summed E-state index contributed by atoms with van der Waals surface area (Å²) in [6.07, 6.45) is 0. The Balaban J connectivity index is 2.43. The lowest BCUT2D eigenvalue weighted by Gasteiger charge is -2.24. The van der Waals surface area contributed by atoms with Gasteiger partial charge in [0.2, 0.25) is 5.04 Å². The summed E-state index contributed by atoms with van der Waals surface area (Å²) in [6.45, 7) is 2.60. The van der Waals surface area contributed by atoms with Crippen molar-refractivity contribution in [1.29, 1.82) is 0 Å². The highest BCUT2D eigenvalue weighted by atomic mass is 32.2. The molecular weight excluding hydrogens is 212 g/mol. The number of rotatable bonds is 2. The first-order valence-corrected chi connectivity index (χ1v) is 5.40. The summed E-state index contributed by atoms with van der Waals surface area (Å²) >= 11 is 1.19. The third-order valence-electron chi connectivity index (χ3n) is 2.04. The van der Waals surface area contributed by atoms with Crippen LogP contribution >= 0.6 is 11.8 Å². The first-order chi connectivity index (χ1) is 7.22. The van der Waals surface area contributed by atoms with E-state index >= 15 is 0 Å². The van der Waals surface area contributed by atoms with Gasteiger partial charge >= 0.3 is 5.97 Å². The average molecular weight is 222 g/mol. The predicted octanol–water partition coefficient (Wildman–Crippen LogP) is 2.02. The average Bonchev–Trinajstić information content (AvgIpc) is 2.27. The van der Waals surface area contributed by atoms with E-state index in [2.05, 4.69) is 5.10 Å². The minimum Gasteiger partial charge on any atom is -0.476 e. The van der Waals surface area contributed by atoms with Crippen LogP contribution in [0.15, 0.2) is 34.3 Å². The number of carbonyl (C=O) groups is 1. The summed E-state index contributed by atoms with van der Waals surface area (Å²) in [5.41, 5.74) is 0.968. The van der Waals surface area contributed by atoms with E-state index in [4.69, 9.17) is 5.11 Å². The molecule has 0 saturated carbocycles. The smallest absolute Gasteiger partial charge is 0.363 e. The van der Waals surface area contributed by atoms with Gasteiger partial charge in [0.15, 0.2) is 0 Å². The molecule has 5 heteroatoms. The molecule has 0 atom stereocenters. The molecule has 0 amide bonds. The van der Waals surface area contributed by atoms with Gasteiger partial charge in [0.1, 0.15) is 0 Å². The van der Waals surface area contributed by atoms with Gasteiger partial charge in [-0.05, 0) is 19.1 Å². The maximum atomic E-state index is 10.8. The molecule has 0 aliphatic carbocycles. The van der Waals surface area contributed by atoms with Crippen molar-refractivity contribution in [2.45, 2.75) is 11.8 Å². The van der Waals surface area contributed by atoms with Crippen LogP contribution in [0.4, 0.5) is 5.69 Å². The summed E-state index contributed by atoms with van der Waals surface area (Å²) in [5.74, 6) is -0.979. The SMILES string of the molecule is CCN1N=C(C(=O)O)Sc2ccccc21. The highest BCUT2D eigenvalue weighted by Crippen LogP contribution is 2.35. The summed E-state index contributed by atoms with van der Waals surface area (Å²) in [6, 6.07) is 7.65. The quantitative estimate of drug-likeness (QED) is 0.831. The zero-order chi connectivity index (χ0) is 10.8. The number of hydrogen-bond acceptors (Lipinski definition) is 4. The number of anilines is 1. The molecule has 0 aromatic heterocycles. The van der Waals surface area contributed by atoms with Crippen LogP contribution in [0.25, 0.3) is 0 Å². The minimum atomic E-state index is -0.979. The zero-order valence-corrected chi connectivity index (χ0v) is 8.99. The number of carboxylic acids is 1. The molecule has 1 N–H and O–H groups in total. The van der Waals surface area contributed by atoms with E-state index in [1.165, 1.54) is 11.8 Å². The highest BCUT2D eigenvalue weighted by molar-refractivity contribution is 8.15. The van der Waals surface area contributed by atoms with Crippen molar-refractivity contribution < 1.29 is 9.90 Å². The van der Waals surface area contributed by atoms with Crippen LogP contribution in [0.1, 0.15) is 6.92 Å². The number of thioether (sulfide) groups is 1. The van der Waals surface area contributed by atoms with Crippen molar-refractivity contribution in [3.05, 3.63) is 24.3 Å². The largest absolute Gasteiger partial charge is 0.476 e. The standard InChI is InChI=1S/C10H10N2O2S/c1-2-12-7-5-3-4-6-8(7)15-9(11-12)10(13)14/h3-6H,2H2,1H3,(H,13,14). The number of hydrazone groups is 1. The Labute approximate surface area is 91.6 Å². The topological polar surface area (TPSA) is 52.9 Å². The Morgan fingerprint density at radius 2 is 2.27 bits per heavy atom.